The van der Waals surface area contributed by atoms with Crippen molar-refractivity contribution in [3.05, 3.63) is 169 Å². The maximum absolute atomic E-state index is 7.23. The van der Waals surface area contributed by atoms with Crippen LogP contribution in [0.5, 0.6) is 0 Å². The van der Waals surface area contributed by atoms with E-state index in [1.54, 1.807) is 0 Å². The maximum atomic E-state index is 7.23. The molecule has 214 valence electrons. The second-order valence-corrected chi connectivity index (χ2v) is 11.2. The first kappa shape index (κ1) is 27.1. The molecule has 0 aliphatic carbocycles. The van der Waals surface area contributed by atoms with E-state index in [-0.39, 0.29) is 0 Å². The lowest BCUT2D eigenvalue weighted by Crippen LogP contribution is -2.00. The molecule has 8 rings (SSSR count). The Bertz CT molecular complexity index is 2410. The quantitative estimate of drug-likeness (QED) is 0.188. The van der Waals surface area contributed by atoms with Gasteiger partial charge >= 0.3 is 0 Å². The first-order chi connectivity index (χ1) is 22.7. The summed E-state index contributed by atoms with van der Waals surface area (Å²) in [6.45, 7) is 7.23. The molecule has 0 saturated carbocycles. The third-order valence-corrected chi connectivity index (χ3v) is 8.34. The van der Waals surface area contributed by atoms with Gasteiger partial charge in [0.15, 0.2) is 23.2 Å². The molecule has 0 bridgehead atoms. The Morgan fingerprint density at radius 2 is 0.891 bits per heavy atom. The first-order valence-electron chi connectivity index (χ1n) is 15.1. The van der Waals surface area contributed by atoms with E-state index in [0.717, 1.165) is 49.4 Å². The molecular formula is C42H26N4. The number of benzene rings is 7. The normalized spacial score (nSPS) is 11.0. The molecule has 0 fully saturated rings. The molecule has 1 aromatic heterocycles. The third-order valence-electron chi connectivity index (χ3n) is 8.34. The molecule has 1 heterocycles. The Hall–Kier alpha value is -6.44. The smallest absolute Gasteiger partial charge is 0.187 e. The molecule has 4 nitrogen and oxygen atoms in total. The fraction of sp³-hybridized carbons (Fsp3) is 0. The molecule has 7 aromatic carbocycles. The number of hydrogen-bond donors (Lipinski definition) is 0. The zero-order valence-corrected chi connectivity index (χ0v) is 24.8. The number of hydrogen-bond acceptors (Lipinski definition) is 3. The minimum Gasteiger partial charge on any atom is -0.238 e. The van der Waals surface area contributed by atoms with Crippen LogP contribution >= 0.6 is 0 Å². The van der Waals surface area contributed by atoms with Gasteiger partial charge in [0.05, 0.1) is 6.57 Å². The van der Waals surface area contributed by atoms with Gasteiger partial charge in [-0.1, -0.05) is 146 Å². The van der Waals surface area contributed by atoms with Crippen LogP contribution in [0.4, 0.5) is 5.69 Å². The second kappa shape index (κ2) is 11.6. The average Bonchev–Trinajstić information content (AvgIpc) is 3.14. The van der Waals surface area contributed by atoms with Gasteiger partial charge in [-0.15, -0.1) is 0 Å². The van der Waals surface area contributed by atoms with Crippen LogP contribution in [0.25, 0.3) is 82.8 Å². The summed E-state index contributed by atoms with van der Waals surface area (Å²) in [4.78, 5) is 18.6. The molecule has 0 radical (unpaired) electrons. The predicted octanol–water partition coefficient (Wildman–Crippen LogP) is 11.1. The number of fused-ring (bicyclic) bond motifs is 2. The Kier molecular flexibility index (Phi) is 6.83. The van der Waals surface area contributed by atoms with Crippen molar-refractivity contribution in [1.29, 1.82) is 0 Å². The summed E-state index contributed by atoms with van der Waals surface area (Å²) in [6, 6.07) is 53.8. The van der Waals surface area contributed by atoms with Gasteiger partial charge in [-0.25, -0.2) is 19.8 Å². The van der Waals surface area contributed by atoms with Crippen molar-refractivity contribution in [2.45, 2.75) is 0 Å². The molecule has 8 aromatic rings. The molecule has 0 spiro atoms. The van der Waals surface area contributed by atoms with Crippen molar-refractivity contribution >= 4 is 27.2 Å². The van der Waals surface area contributed by atoms with Gasteiger partial charge in [0.25, 0.3) is 0 Å². The van der Waals surface area contributed by atoms with Crippen molar-refractivity contribution in [2.75, 3.05) is 0 Å². The Morgan fingerprint density at radius 3 is 1.57 bits per heavy atom. The van der Waals surface area contributed by atoms with E-state index >= 15 is 0 Å². The summed E-state index contributed by atoms with van der Waals surface area (Å²) in [6.07, 6.45) is 0. The van der Waals surface area contributed by atoms with Crippen LogP contribution in [0.2, 0.25) is 0 Å². The molecular weight excluding hydrogens is 560 g/mol. The van der Waals surface area contributed by atoms with E-state index in [9.17, 15) is 0 Å². The van der Waals surface area contributed by atoms with Crippen LogP contribution in [-0.2, 0) is 0 Å². The van der Waals surface area contributed by atoms with Gasteiger partial charge in [0.2, 0.25) is 0 Å². The van der Waals surface area contributed by atoms with E-state index in [0.29, 0.717) is 23.2 Å². The van der Waals surface area contributed by atoms with Gasteiger partial charge in [-0.2, -0.15) is 0 Å². The highest BCUT2D eigenvalue weighted by atomic mass is 15.0. The van der Waals surface area contributed by atoms with E-state index < -0.39 is 0 Å². The molecule has 0 aliphatic rings. The monoisotopic (exact) mass is 586 g/mol. The van der Waals surface area contributed by atoms with Gasteiger partial charge < -0.3 is 0 Å². The van der Waals surface area contributed by atoms with Crippen LogP contribution in [0, 0.1) is 6.57 Å². The molecule has 0 saturated heterocycles. The zero-order valence-electron chi connectivity index (χ0n) is 24.8. The van der Waals surface area contributed by atoms with E-state index in [1.165, 1.54) is 11.1 Å². The van der Waals surface area contributed by atoms with Crippen molar-refractivity contribution in [3.63, 3.8) is 0 Å². The molecule has 0 atom stereocenters. The highest BCUT2D eigenvalue weighted by molar-refractivity contribution is 6.03. The fourth-order valence-electron chi connectivity index (χ4n) is 6.01. The third kappa shape index (κ3) is 5.06. The van der Waals surface area contributed by atoms with Gasteiger partial charge in [0.1, 0.15) is 0 Å². The van der Waals surface area contributed by atoms with E-state index in [1.807, 2.05) is 60.7 Å². The predicted molar refractivity (Wildman–Crippen MR) is 188 cm³/mol. The van der Waals surface area contributed by atoms with Crippen molar-refractivity contribution < 1.29 is 0 Å². The Labute approximate surface area is 267 Å². The SMILES string of the molecule is [C-]#[N+]c1ccc(-c2ccc3cc(-c4nc(-c5ccccc5)nc(-c5cccc6c(-c7ccccc7)cccc56)n4)ccc3c2)cc1. The minimum absolute atomic E-state index is 0.626. The standard InChI is InChI=1S/C42H26N4/c1-43-35-24-22-28(23-25-35)31-18-19-33-27-34(21-20-32(33)26-31)41-44-40(30-12-6-3-7-13-30)45-42(46-41)39-17-9-15-37-36(14-8-16-38(37)39)29-10-4-2-5-11-29/h2-27H. The van der Waals surface area contributed by atoms with Crippen LogP contribution in [0.3, 0.4) is 0 Å². The maximum Gasteiger partial charge on any atom is 0.187 e. The van der Waals surface area contributed by atoms with Gasteiger partial charge in [-0.05, 0) is 55.9 Å². The lowest BCUT2D eigenvalue weighted by molar-refractivity contribution is 1.08. The van der Waals surface area contributed by atoms with Crippen molar-refractivity contribution in [3.8, 4) is 56.4 Å². The summed E-state index contributed by atoms with van der Waals surface area (Å²) in [7, 11) is 0. The van der Waals surface area contributed by atoms with E-state index in [4.69, 9.17) is 21.5 Å². The van der Waals surface area contributed by atoms with Crippen molar-refractivity contribution in [2.24, 2.45) is 0 Å². The number of nitrogens with zero attached hydrogens (tertiary/aromatic N) is 4. The van der Waals surface area contributed by atoms with Crippen LogP contribution in [0.1, 0.15) is 0 Å². The molecule has 4 heteroatoms. The molecule has 0 aliphatic heterocycles. The number of aromatic nitrogens is 3. The molecule has 0 unspecified atom stereocenters. The summed E-state index contributed by atoms with van der Waals surface area (Å²) in [5, 5.41) is 4.46. The summed E-state index contributed by atoms with van der Waals surface area (Å²) >= 11 is 0. The average molecular weight is 587 g/mol. The summed E-state index contributed by atoms with van der Waals surface area (Å²) in [5.74, 6) is 1.90. The summed E-state index contributed by atoms with van der Waals surface area (Å²) < 4.78 is 0. The molecule has 0 amide bonds. The number of rotatable bonds is 5. The van der Waals surface area contributed by atoms with E-state index in [2.05, 4.69) is 102 Å². The van der Waals surface area contributed by atoms with Crippen LogP contribution in [0.15, 0.2) is 158 Å². The first-order valence-corrected chi connectivity index (χ1v) is 15.1. The van der Waals surface area contributed by atoms with Gasteiger partial charge in [-0.3, -0.25) is 0 Å². The van der Waals surface area contributed by atoms with Crippen LogP contribution < -0.4 is 0 Å². The van der Waals surface area contributed by atoms with Crippen molar-refractivity contribution in [1.82, 2.24) is 15.0 Å². The highest BCUT2D eigenvalue weighted by Gasteiger charge is 2.16. The van der Waals surface area contributed by atoms with Gasteiger partial charge in [0, 0.05) is 16.7 Å². The lowest BCUT2D eigenvalue weighted by atomic mass is 9.95. The topological polar surface area (TPSA) is 43.0 Å². The Balaban J connectivity index is 1.26. The fourth-order valence-corrected chi connectivity index (χ4v) is 6.01. The minimum atomic E-state index is 0.626. The zero-order chi connectivity index (χ0) is 30.9. The Morgan fingerprint density at radius 1 is 0.370 bits per heavy atom. The summed E-state index contributed by atoms with van der Waals surface area (Å²) in [5.41, 5.74) is 8.00. The lowest BCUT2D eigenvalue weighted by Gasteiger charge is -2.13. The highest BCUT2D eigenvalue weighted by Crippen LogP contribution is 2.35. The molecule has 46 heavy (non-hydrogen) atoms. The molecule has 0 N–H and O–H groups in total. The largest absolute Gasteiger partial charge is 0.238 e. The van der Waals surface area contributed by atoms with Crippen LogP contribution in [-0.4, -0.2) is 15.0 Å². The second-order valence-electron chi connectivity index (χ2n) is 11.2.